The minimum absolute atomic E-state index is 0.0802. The summed E-state index contributed by atoms with van der Waals surface area (Å²) in [7, 11) is 0. The highest BCUT2D eigenvalue weighted by atomic mass is 16.5. The summed E-state index contributed by atoms with van der Waals surface area (Å²) < 4.78 is 5.51. The molecule has 0 aromatic heterocycles. The van der Waals surface area contributed by atoms with Gasteiger partial charge in [-0.1, -0.05) is 30.3 Å². The van der Waals surface area contributed by atoms with Crippen LogP contribution in [0.25, 0.3) is 0 Å². The van der Waals surface area contributed by atoms with Crippen LogP contribution in [0, 0.1) is 0 Å². The first-order valence-corrected chi connectivity index (χ1v) is 4.80. The second-order valence-electron chi connectivity index (χ2n) is 3.56. The minimum atomic E-state index is -0.551. The molecule has 0 radical (unpaired) electrons. The van der Waals surface area contributed by atoms with Gasteiger partial charge < -0.3 is 14.9 Å². The molecule has 2 N–H and O–H groups in total. The first kappa shape index (κ1) is 9.65. The predicted octanol–water partition coefficient (Wildman–Crippen LogP) is 0.870. The average Bonchev–Trinajstić information content (AvgIpc) is 2.61. The van der Waals surface area contributed by atoms with Gasteiger partial charge in [0.2, 0.25) is 0 Å². The van der Waals surface area contributed by atoms with Crippen molar-refractivity contribution >= 4 is 0 Å². The van der Waals surface area contributed by atoms with E-state index in [1.165, 1.54) is 0 Å². The van der Waals surface area contributed by atoms with Crippen LogP contribution in [-0.4, -0.2) is 29.0 Å². The molecule has 1 saturated heterocycles. The molecule has 1 heterocycles. The summed E-state index contributed by atoms with van der Waals surface area (Å²) in [5.41, 5.74) is 1.06. The molecule has 0 bridgehead atoms. The molecule has 0 saturated carbocycles. The highest BCUT2D eigenvalue weighted by molar-refractivity contribution is 5.18. The molecule has 1 aromatic carbocycles. The van der Waals surface area contributed by atoms with Crippen LogP contribution >= 0.6 is 0 Å². The second kappa shape index (κ2) is 4.09. The largest absolute Gasteiger partial charge is 0.394 e. The second-order valence-corrected chi connectivity index (χ2v) is 3.56. The van der Waals surface area contributed by atoms with Crippen molar-refractivity contribution in [2.45, 2.75) is 24.7 Å². The van der Waals surface area contributed by atoms with Gasteiger partial charge >= 0.3 is 0 Å². The van der Waals surface area contributed by atoms with Crippen molar-refractivity contribution in [3.63, 3.8) is 0 Å². The standard InChI is InChI=1S/C11H14O3/c12-7-11-9(13)6-10(14-11)8-4-2-1-3-5-8/h1-5,9-13H,6-7H2/t9?,10?,11-/m1/s1. The fourth-order valence-electron chi connectivity index (χ4n) is 1.78. The maximum Gasteiger partial charge on any atom is 0.107 e. The lowest BCUT2D eigenvalue weighted by Crippen LogP contribution is -2.24. The Balaban J connectivity index is 2.09. The zero-order valence-corrected chi connectivity index (χ0v) is 7.84. The summed E-state index contributed by atoms with van der Waals surface area (Å²) >= 11 is 0. The molecular weight excluding hydrogens is 180 g/mol. The van der Waals surface area contributed by atoms with Crippen molar-refractivity contribution in [1.29, 1.82) is 0 Å². The van der Waals surface area contributed by atoms with E-state index in [0.29, 0.717) is 6.42 Å². The van der Waals surface area contributed by atoms with E-state index >= 15 is 0 Å². The highest BCUT2D eigenvalue weighted by Gasteiger charge is 2.33. The lowest BCUT2D eigenvalue weighted by molar-refractivity contribution is -0.0225. The zero-order valence-electron chi connectivity index (χ0n) is 7.84. The molecule has 1 aliphatic rings. The van der Waals surface area contributed by atoms with E-state index < -0.39 is 12.2 Å². The SMILES string of the molecule is OC[C@H]1OC(c2ccccc2)CC1O. The van der Waals surface area contributed by atoms with Crippen LogP contribution in [0.2, 0.25) is 0 Å². The summed E-state index contributed by atoms with van der Waals surface area (Å²) in [6.45, 7) is -0.121. The number of aliphatic hydroxyl groups is 2. The number of hydrogen-bond acceptors (Lipinski definition) is 3. The number of rotatable bonds is 2. The van der Waals surface area contributed by atoms with Gasteiger partial charge in [0.15, 0.2) is 0 Å². The van der Waals surface area contributed by atoms with Crippen LogP contribution in [0.1, 0.15) is 18.1 Å². The number of aliphatic hydroxyl groups excluding tert-OH is 2. The summed E-state index contributed by atoms with van der Waals surface area (Å²) in [4.78, 5) is 0. The first-order valence-electron chi connectivity index (χ1n) is 4.80. The van der Waals surface area contributed by atoms with Crippen molar-refractivity contribution in [2.24, 2.45) is 0 Å². The number of ether oxygens (including phenoxy) is 1. The van der Waals surface area contributed by atoms with Crippen molar-refractivity contribution in [1.82, 2.24) is 0 Å². The molecule has 3 atom stereocenters. The average molecular weight is 194 g/mol. The summed E-state index contributed by atoms with van der Waals surface area (Å²) in [6.07, 6.45) is -0.497. The summed E-state index contributed by atoms with van der Waals surface area (Å²) in [5, 5.41) is 18.5. The van der Waals surface area contributed by atoms with Gasteiger partial charge in [-0.15, -0.1) is 0 Å². The van der Waals surface area contributed by atoms with Gasteiger partial charge in [-0.05, 0) is 5.56 Å². The Morgan fingerprint density at radius 1 is 1.29 bits per heavy atom. The third-order valence-electron chi connectivity index (χ3n) is 2.58. The quantitative estimate of drug-likeness (QED) is 0.734. The normalized spacial score (nSPS) is 32.0. The molecule has 0 spiro atoms. The van der Waals surface area contributed by atoms with Gasteiger partial charge in [0.05, 0.1) is 18.8 Å². The number of hydrogen-bond donors (Lipinski definition) is 2. The van der Waals surface area contributed by atoms with E-state index in [0.717, 1.165) is 5.56 Å². The van der Waals surface area contributed by atoms with Crippen molar-refractivity contribution < 1.29 is 14.9 Å². The van der Waals surface area contributed by atoms with Crippen LogP contribution in [0.15, 0.2) is 30.3 Å². The van der Waals surface area contributed by atoms with Crippen molar-refractivity contribution in [2.75, 3.05) is 6.61 Å². The molecule has 76 valence electrons. The molecule has 0 amide bonds. The Morgan fingerprint density at radius 2 is 2.00 bits per heavy atom. The van der Waals surface area contributed by atoms with Crippen molar-refractivity contribution in [3.05, 3.63) is 35.9 Å². The van der Waals surface area contributed by atoms with Gasteiger partial charge in [0, 0.05) is 6.42 Å². The van der Waals surface area contributed by atoms with Crippen LogP contribution in [-0.2, 0) is 4.74 Å². The highest BCUT2D eigenvalue weighted by Crippen LogP contribution is 2.32. The van der Waals surface area contributed by atoms with E-state index in [4.69, 9.17) is 9.84 Å². The van der Waals surface area contributed by atoms with Crippen molar-refractivity contribution in [3.8, 4) is 0 Å². The fourth-order valence-corrected chi connectivity index (χ4v) is 1.78. The van der Waals surface area contributed by atoms with Crippen LogP contribution < -0.4 is 0 Å². The zero-order chi connectivity index (χ0) is 9.97. The molecule has 1 aromatic rings. The van der Waals surface area contributed by atoms with E-state index in [1.807, 2.05) is 30.3 Å². The molecule has 1 aliphatic heterocycles. The first-order chi connectivity index (χ1) is 6.81. The monoisotopic (exact) mass is 194 g/mol. The summed E-state index contributed by atoms with van der Waals surface area (Å²) in [5.74, 6) is 0. The Kier molecular flexibility index (Phi) is 2.82. The molecule has 14 heavy (non-hydrogen) atoms. The summed E-state index contributed by atoms with van der Waals surface area (Å²) in [6, 6.07) is 9.77. The van der Waals surface area contributed by atoms with Gasteiger partial charge in [-0.3, -0.25) is 0 Å². The Hall–Kier alpha value is -0.900. The molecule has 3 nitrogen and oxygen atoms in total. The van der Waals surface area contributed by atoms with E-state index in [2.05, 4.69) is 0 Å². The van der Waals surface area contributed by atoms with Crippen LogP contribution in [0.5, 0.6) is 0 Å². The minimum Gasteiger partial charge on any atom is -0.394 e. The molecule has 1 fully saturated rings. The molecule has 3 heteroatoms. The van der Waals surface area contributed by atoms with Gasteiger partial charge in [-0.25, -0.2) is 0 Å². The van der Waals surface area contributed by atoms with Crippen LogP contribution in [0.3, 0.4) is 0 Å². The van der Waals surface area contributed by atoms with Gasteiger partial charge in [-0.2, -0.15) is 0 Å². The molecule has 0 aliphatic carbocycles. The van der Waals surface area contributed by atoms with E-state index in [1.54, 1.807) is 0 Å². The Bertz CT molecular complexity index is 286. The number of benzene rings is 1. The Labute approximate surface area is 83.0 Å². The lowest BCUT2D eigenvalue weighted by Gasteiger charge is -2.11. The third-order valence-corrected chi connectivity index (χ3v) is 2.58. The molecular formula is C11H14O3. The lowest BCUT2D eigenvalue weighted by atomic mass is 10.1. The molecule has 2 unspecified atom stereocenters. The van der Waals surface area contributed by atoms with E-state index in [-0.39, 0.29) is 12.7 Å². The third kappa shape index (κ3) is 1.80. The van der Waals surface area contributed by atoms with Gasteiger partial charge in [0.25, 0.3) is 0 Å². The van der Waals surface area contributed by atoms with Crippen LogP contribution in [0.4, 0.5) is 0 Å². The predicted molar refractivity (Wildman–Crippen MR) is 51.8 cm³/mol. The van der Waals surface area contributed by atoms with E-state index in [9.17, 15) is 5.11 Å². The topological polar surface area (TPSA) is 49.7 Å². The smallest absolute Gasteiger partial charge is 0.107 e. The maximum atomic E-state index is 9.54. The Morgan fingerprint density at radius 3 is 2.57 bits per heavy atom. The molecule has 2 rings (SSSR count). The fraction of sp³-hybridized carbons (Fsp3) is 0.455. The van der Waals surface area contributed by atoms with Gasteiger partial charge in [0.1, 0.15) is 6.10 Å². The maximum absolute atomic E-state index is 9.54.